The maximum Gasteiger partial charge on any atom is 0.305 e. The highest BCUT2D eigenvalue weighted by Crippen LogP contribution is 2.24. The Morgan fingerprint density at radius 1 is 1.40 bits per heavy atom. The molecule has 0 atom stereocenters. The van der Waals surface area contributed by atoms with E-state index in [0.717, 1.165) is 12.8 Å². The molecule has 1 aliphatic carbocycles. The lowest BCUT2D eigenvalue weighted by atomic mass is 9.91. The molecule has 0 heterocycles. The lowest BCUT2D eigenvalue weighted by Crippen LogP contribution is -2.47. The van der Waals surface area contributed by atoms with Gasteiger partial charge in [0.15, 0.2) is 0 Å². The van der Waals surface area contributed by atoms with E-state index < -0.39 is 0 Å². The number of hydrogen-bond acceptors (Lipinski definition) is 5. The van der Waals surface area contributed by atoms with Gasteiger partial charge in [0.1, 0.15) is 0 Å². The zero-order chi connectivity index (χ0) is 14.8. The number of carbonyl (C=O) groups excluding carboxylic acids is 2. The van der Waals surface area contributed by atoms with Gasteiger partial charge < -0.3 is 15.2 Å². The fraction of sp³-hybridized carbons (Fsp3) is 0.857. The van der Waals surface area contributed by atoms with Gasteiger partial charge in [-0.1, -0.05) is 6.42 Å². The number of amides is 1. The zero-order valence-corrected chi connectivity index (χ0v) is 12.3. The van der Waals surface area contributed by atoms with Crippen molar-refractivity contribution in [1.82, 2.24) is 10.2 Å². The Balaban J connectivity index is 2.13. The lowest BCUT2D eigenvalue weighted by Gasteiger charge is -2.36. The summed E-state index contributed by atoms with van der Waals surface area (Å²) in [6.45, 7) is 3.59. The molecule has 0 aliphatic heterocycles. The molecule has 0 aromatic rings. The molecule has 0 radical (unpaired) electrons. The van der Waals surface area contributed by atoms with Crippen LogP contribution in [-0.2, 0) is 14.3 Å². The number of nitrogens with zero attached hydrogens (tertiary/aromatic N) is 1. The van der Waals surface area contributed by atoms with Crippen LogP contribution in [0.25, 0.3) is 0 Å². The molecule has 116 valence electrons. The van der Waals surface area contributed by atoms with E-state index in [-0.39, 0.29) is 18.5 Å². The van der Waals surface area contributed by atoms with Crippen molar-refractivity contribution in [1.29, 1.82) is 0 Å². The first kappa shape index (κ1) is 16.9. The number of aliphatic hydroxyl groups excluding tert-OH is 1. The molecule has 0 aromatic carbocycles. The molecule has 1 amide bonds. The Bertz CT molecular complexity index is 306. The summed E-state index contributed by atoms with van der Waals surface area (Å²) in [6.07, 6.45) is 4.34. The number of rotatable bonds is 10. The van der Waals surface area contributed by atoms with Crippen LogP contribution in [0.4, 0.5) is 0 Å². The third kappa shape index (κ3) is 6.34. The third-order valence-electron chi connectivity index (χ3n) is 3.51. The van der Waals surface area contributed by atoms with E-state index in [2.05, 4.69) is 5.32 Å². The Hall–Kier alpha value is -1.14. The number of esters is 1. The van der Waals surface area contributed by atoms with Gasteiger partial charge in [0, 0.05) is 25.6 Å². The number of hydrogen-bond donors (Lipinski definition) is 2. The van der Waals surface area contributed by atoms with Gasteiger partial charge in [0.25, 0.3) is 0 Å². The summed E-state index contributed by atoms with van der Waals surface area (Å²) < 4.78 is 4.81. The second-order valence-electron chi connectivity index (χ2n) is 5.04. The molecule has 2 N–H and O–H groups in total. The maximum atomic E-state index is 11.8. The maximum absolute atomic E-state index is 11.8. The average Bonchev–Trinajstić information content (AvgIpc) is 2.33. The van der Waals surface area contributed by atoms with E-state index in [0.29, 0.717) is 45.1 Å². The quantitative estimate of drug-likeness (QED) is 0.446. The molecule has 6 heteroatoms. The fourth-order valence-electron chi connectivity index (χ4n) is 2.21. The fourth-order valence-corrected chi connectivity index (χ4v) is 2.21. The second-order valence-corrected chi connectivity index (χ2v) is 5.04. The van der Waals surface area contributed by atoms with Crippen LogP contribution in [-0.4, -0.2) is 60.8 Å². The summed E-state index contributed by atoms with van der Waals surface area (Å²) >= 11 is 0. The summed E-state index contributed by atoms with van der Waals surface area (Å²) in [5, 5.41) is 11.8. The van der Waals surface area contributed by atoms with Crippen molar-refractivity contribution in [2.45, 2.75) is 45.1 Å². The number of carbonyl (C=O) groups is 2. The zero-order valence-electron chi connectivity index (χ0n) is 12.3. The van der Waals surface area contributed by atoms with Crippen LogP contribution in [0.15, 0.2) is 0 Å². The molecule has 20 heavy (non-hydrogen) atoms. The molecule has 6 nitrogen and oxygen atoms in total. The van der Waals surface area contributed by atoms with Crippen molar-refractivity contribution in [3.8, 4) is 0 Å². The minimum atomic E-state index is -0.224. The first-order valence-corrected chi connectivity index (χ1v) is 7.44. The molecule has 0 saturated heterocycles. The van der Waals surface area contributed by atoms with Gasteiger partial charge in [-0.05, 0) is 26.2 Å². The highest BCUT2D eigenvalue weighted by Gasteiger charge is 2.25. The van der Waals surface area contributed by atoms with Crippen LogP contribution in [0, 0.1) is 0 Å². The first-order valence-electron chi connectivity index (χ1n) is 7.44. The predicted molar refractivity (Wildman–Crippen MR) is 75.2 cm³/mol. The molecule has 1 fully saturated rings. The van der Waals surface area contributed by atoms with Gasteiger partial charge in [-0.2, -0.15) is 0 Å². The van der Waals surface area contributed by atoms with Crippen LogP contribution in [0.2, 0.25) is 0 Å². The lowest BCUT2D eigenvalue weighted by molar-refractivity contribution is -0.143. The normalized spacial score (nSPS) is 14.9. The van der Waals surface area contributed by atoms with E-state index in [4.69, 9.17) is 9.84 Å². The number of aliphatic hydroxyl groups is 1. The number of ether oxygens (including phenoxy) is 1. The summed E-state index contributed by atoms with van der Waals surface area (Å²) in [7, 11) is 0. The Morgan fingerprint density at radius 3 is 2.70 bits per heavy atom. The molecule has 1 rings (SSSR count). The average molecular weight is 286 g/mol. The predicted octanol–water partition coefficient (Wildman–Crippen LogP) is 0.293. The molecule has 0 bridgehead atoms. The van der Waals surface area contributed by atoms with Crippen molar-refractivity contribution in [2.24, 2.45) is 0 Å². The minimum absolute atomic E-state index is 0.0470. The van der Waals surface area contributed by atoms with Crippen LogP contribution in [0.5, 0.6) is 0 Å². The highest BCUT2D eigenvalue weighted by atomic mass is 16.5. The van der Waals surface area contributed by atoms with E-state index in [9.17, 15) is 9.59 Å². The minimum Gasteiger partial charge on any atom is -0.466 e. The van der Waals surface area contributed by atoms with Gasteiger partial charge in [0.2, 0.25) is 5.91 Å². The van der Waals surface area contributed by atoms with Crippen LogP contribution < -0.4 is 5.32 Å². The summed E-state index contributed by atoms with van der Waals surface area (Å²) in [6, 6.07) is 0.437. The monoisotopic (exact) mass is 286 g/mol. The summed E-state index contributed by atoms with van der Waals surface area (Å²) in [5.74, 6) is -0.271. The van der Waals surface area contributed by atoms with E-state index >= 15 is 0 Å². The molecule has 1 aliphatic rings. The SMILES string of the molecule is CCOC(=O)CCCNC(=O)CN(CCO)C1CCC1. The van der Waals surface area contributed by atoms with Crippen LogP contribution in [0.1, 0.15) is 39.0 Å². The van der Waals surface area contributed by atoms with Gasteiger partial charge in [-0.25, -0.2) is 0 Å². The Labute approximate surface area is 120 Å². The molecule has 0 unspecified atom stereocenters. The Kier molecular flexibility index (Phi) is 8.22. The van der Waals surface area contributed by atoms with Gasteiger partial charge in [0.05, 0.1) is 19.8 Å². The van der Waals surface area contributed by atoms with Crippen molar-refractivity contribution in [3.63, 3.8) is 0 Å². The topological polar surface area (TPSA) is 78.9 Å². The second kappa shape index (κ2) is 9.72. The van der Waals surface area contributed by atoms with Crippen molar-refractivity contribution in [3.05, 3.63) is 0 Å². The molecular formula is C14H26N2O4. The summed E-state index contributed by atoms with van der Waals surface area (Å²) in [5.41, 5.74) is 0. The van der Waals surface area contributed by atoms with Gasteiger partial charge in [-0.15, -0.1) is 0 Å². The molecule has 0 spiro atoms. The van der Waals surface area contributed by atoms with Crippen molar-refractivity contribution in [2.75, 3.05) is 32.8 Å². The summed E-state index contributed by atoms with van der Waals surface area (Å²) in [4.78, 5) is 24.9. The van der Waals surface area contributed by atoms with E-state index in [1.807, 2.05) is 4.90 Å². The molecule has 0 aromatic heterocycles. The van der Waals surface area contributed by atoms with Gasteiger partial charge >= 0.3 is 5.97 Å². The van der Waals surface area contributed by atoms with Crippen molar-refractivity contribution >= 4 is 11.9 Å². The van der Waals surface area contributed by atoms with Crippen LogP contribution in [0.3, 0.4) is 0 Å². The van der Waals surface area contributed by atoms with Crippen LogP contribution >= 0.6 is 0 Å². The largest absolute Gasteiger partial charge is 0.466 e. The van der Waals surface area contributed by atoms with E-state index in [1.54, 1.807) is 6.92 Å². The standard InChI is InChI=1S/C14H26N2O4/c1-2-20-14(19)7-4-8-15-13(18)11-16(9-10-17)12-5-3-6-12/h12,17H,2-11H2,1H3,(H,15,18). The van der Waals surface area contributed by atoms with E-state index in [1.165, 1.54) is 6.42 Å². The number of nitrogens with one attached hydrogen (secondary N) is 1. The Morgan fingerprint density at radius 2 is 2.15 bits per heavy atom. The first-order chi connectivity index (χ1) is 9.67. The van der Waals surface area contributed by atoms with Gasteiger partial charge in [-0.3, -0.25) is 14.5 Å². The molecule has 1 saturated carbocycles. The van der Waals surface area contributed by atoms with Crippen molar-refractivity contribution < 1.29 is 19.4 Å². The molecular weight excluding hydrogens is 260 g/mol. The smallest absolute Gasteiger partial charge is 0.305 e. The highest BCUT2D eigenvalue weighted by molar-refractivity contribution is 5.78. The third-order valence-corrected chi connectivity index (χ3v) is 3.51.